The number of pyridine rings is 1. The number of H-pyrrole nitrogens is 1. The standard InChI is InChI=1S/C12H15FN4O/c1-8-11(10-4-3-9(13)7-15-10)16-17-12(8)14-5-6-18-2/h3-4,7H,5-6H2,1-2H3,(H2,14,16,17). The lowest BCUT2D eigenvalue weighted by Crippen LogP contribution is -2.08. The van der Waals surface area contributed by atoms with Crippen LogP contribution < -0.4 is 5.32 Å². The summed E-state index contributed by atoms with van der Waals surface area (Å²) in [4.78, 5) is 4.02. The lowest BCUT2D eigenvalue weighted by molar-refractivity contribution is 0.210. The van der Waals surface area contributed by atoms with E-state index in [1.54, 1.807) is 13.2 Å². The molecule has 5 nitrogen and oxygen atoms in total. The summed E-state index contributed by atoms with van der Waals surface area (Å²) in [5.41, 5.74) is 2.40. The normalized spacial score (nSPS) is 10.6. The third-order valence-electron chi connectivity index (χ3n) is 2.59. The van der Waals surface area contributed by atoms with Crippen molar-refractivity contribution in [2.45, 2.75) is 6.92 Å². The number of aromatic amines is 1. The van der Waals surface area contributed by atoms with Crippen molar-refractivity contribution in [1.82, 2.24) is 15.2 Å². The minimum atomic E-state index is -0.352. The van der Waals surface area contributed by atoms with Crippen molar-refractivity contribution < 1.29 is 9.13 Å². The van der Waals surface area contributed by atoms with E-state index in [2.05, 4.69) is 20.5 Å². The third kappa shape index (κ3) is 2.65. The number of nitrogens with one attached hydrogen (secondary N) is 2. The highest BCUT2D eigenvalue weighted by atomic mass is 19.1. The van der Waals surface area contributed by atoms with Crippen LogP contribution in [0.3, 0.4) is 0 Å². The molecular weight excluding hydrogens is 235 g/mol. The second-order valence-corrected chi connectivity index (χ2v) is 3.85. The summed E-state index contributed by atoms with van der Waals surface area (Å²) >= 11 is 0. The number of rotatable bonds is 5. The summed E-state index contributed by atoms with van der Waals surface area (Å²) in [5.74, 6) is 0.405. The second kappa shape index (κ2) is 5.59. The molecule has 0 spiro atoms. The fraction of sp³-hybridized carbons (Fsp3) is 0.333. The molecule has 0 radical (unpaired) electrons. The fourth-order valence-corrected chi connectivity index (χ4v) is 1.61. The monoisotopic (exact) mass is 250 g/mol. The number of methoxy groups -OCH3 is 1. The molecule has 18 heavy (non-hydrogen) atoms. The molecule has 6 heteroatoms. The second-order valence-electron chi connectivity index (χ2n) is 3.85. The predicted octanol–water partition coefficient (Wildman–Crippen LogP) is 1.98. The molecule has 0 atom stereocenters. The van der Waals surface area contributed by atoms with Gasteiger partial charge in [0, 0.05) is 19.2 Å². The van der Waals surface area contributed by atoms with Gasteiger partial charge in [-0.15, -0.1) is 0 Å². The highest BCUT2D eigenvalue weighted by Crippen LogP contribution is 2.23. The number of aromatic nitrogens is 3. The zero-order valence-electron chi connectivity index (χ0n) is 10.3. The van der Waals surface area contributed by atoms with Gasteiger partial charge in [-0.25, -0.2) is 4.39 Å². The van der Waals surface area contributed by atoms with Crippen LogP contribution in [0.1, 0.15) is 5.56 Å². The molecule has 0 bridgehead atoms. The van der Waals surface area contributed by atoms with Crippen LogP contribution in [0, 0.1) is 12.7 Å². The van der Waals surface area contributed by atoms with Crippen molar-refractivity contribution in [3.8, 4) is 11.4 Å². The van der Waals surface area contributed by atoms with Crippen LogP contribution in [0.5, 0.6) is 0 Å². The van der Waals surface area contributed by atoms with Crippen molar-refractivity contribution in [2.24, 2.45) is 0 Å². The molecule has 0 unspecified atom stereocenters. The highest BCUT2D eigenvalue weighted by Gasteiger charge is 2.11. The van der Waals surface area contributed by atoms with Crippen LogP contribution in [0.15, 0.2) is 18.3 Å². The van der Waals surface area contributed by atoms with E-state index in [0.29, 0.717) is 18.8 Å². The molecule has 0 aliphatic carbocycles. The van der Waals surface area contributed by atoms with Gasteiger partial charge in [-0.3, -0.25) is 10.1 Å². The first-order valence-electron chi connectivity index (χ1n) is 5.62. The van der Waals surface area contributed by atoms with Crippen LogP contribution in [-0.2, 0) is 4.74 Å². The van der Waals surface area contributed by atoms with E-state index in [0.717, 1.165) is 17.1 Å². The van der Waals surface area contributed by atoms with Gasteiger partial charge < -0.3 is 10.1 Å². The van der Waals surface area contributed by atoms with Gasteiger partial charge in [0.2, 0.25) is 0 Å². The van der Waals surface area contributed by atoms with Gasteiger partial charge in [0.05, 0.1) is 24.2 Å². The van der Waals surface area contributed by atoms with Crippen molar-refractivity contribution >= 4 is 5.82 Å². The van der Waals surface area contributed by atoms with Crippen LogP contribution in [0.2, 0.25) is 0 Å². The summed E-state index contributed by atoms with van der Waals surface area (Å²) in [5, 5.41) is 10.2. The molecule has 0 saturated carbocycles. The Labute approximate surface area is 104 Å². The average molecular weight is 250 g/mol. The summed E-state index contributed by atoms with van der Waals surface area (Å²) in [6.45, 7) is 3.22. The Morgan fingerprint density at radius 1 is 1.44 bits per heavy atom. The Morgan fingerprint density at radius 3 is 2.94 bits per heavy atom. The lowest BCUT2D eigenvalue weighted by Gasteiger charge is -2.03. The van der Waals surface area contributed by atoms with Gasteiger partial charge in [-0.05, 0) is 19.1 Å². The molecule has 0 amide bonds. The van der Waals surface area contributed by atoms with Gasteiger partial charge in [-0.2, -0.15) is 5.10 Å². The Bertz CT molecular complexity index is 509. The first-order chi connectivity index (χ1) is 8.72. The Kier molecular flexibility index (Phi) is 3.88. The van der Waals surface area contributed by atoms with Crippen molar-refractivity contribution in [3.05, 3.63) is 29.7 Å². The smallest absolute Gasteiger partial charge is 0.151 e. The zero-order chi connectivity index (χ0) is 13.0. The quantitative estimate of drug-likeness (QED) is 0.796. The van der Waals surface area contributed by atoms with Crippen LogP contribution in [-0.4, -0.2) is 35.4 Å². The number of anilines is 1. The molecule has 2 aromatic heterocycles. The fourth-order valence-electron chi connectivity index (χ4n) is 1.61. The molecule has 0 aliphatic heterocycles. The summed E-state index contributed by atoms with van der Waals surface area (Å²) in [6, 6.07) is 3.00. The number of hydrogen-bond acceptors (Lipinski definition) is 4. The molecule has 0 fully saturated rings. The minimum Gasteiger partial charge on any atom is -0.383 e. The number of halogens is 1. The lowest BCUT2D eigenvalue weighted by atomic mass is 10.2. The topological polar surface area (TPSA) is 62.8 Å². The van der Waals surface area contributed by atoms with Gasteiger partial charge in [-0.1, -0.05) is 0 Å². The number of hydrogen-bond donors (Lipinski definition) is 2. The largest absolute Gasteiger partial charge is 0.383 e. The minimum absolute atomic E-state index is 0.352. The van der Waals surface area contributed by atoms with E-state index >= 15 is 0 Å². The van der Waals surface area contributed by atoms with Crippen LogP contribution in [0.25, 0.3) is 11.4 Å². The van der Waals surface area contributed by atoms with E-state index < -0.39 is 0 Å². The maximum atomic E-state index is 12.8. The van der Waals surface area contributed by atoms with E-state index in [9.17, 15) is 4.39 Å². The molecule has 2 aromatic rings. The molecule has 0 saturated heterocycles. The molecule has 2 rings (SSSR count). The maximum Gasteiger partial charge on any atom is 0.151 e. The highest BCUT2D eigenvalue weighted by molar-refractivity contribution is 5.65. The Morgan fingerprint density at radius 2 is 2.28 bits per heavy atom. The summed E-state index contributed by atoms with van der Waals surface area (Å²) in [6.07, 6.45) is 1.19. The molecule has 96 valence electrons. The van der Waals surface area contributed by atoms with E-state index in [-0.39, 0.29) is 5.82 Å². The summed E-state index contributed by atoms with van der Waals surface area (Å²) < 4.78 is 17.8. The van der Waals surface area contributed by atoms with Crippen molar-refractivity contribution in [2.75, 3.05) is 25.6 Å². The zero-order valence-corrected chi connectivity index (χ0v) is 10.3. The Hall–Kier alpha value is -1.95. The molecule has 0 aromatic carbocycles. The number of nitrogens with zero attached hydrogens (tertiary/aromatic N) is 2. The van der Waals surface area contributed by atoms with E-state index in [4.69, 9.17) is 4.74 Å². The molecule has 2 N–H and O–H groups in total. The molecule has 0 aliphatic rings. The Balaban J connectivity index is 2.17. The predicted molar refractivity (Wildman–Crippen MR) is 66.9 cm³/mol. The third-order valence-corrected chi connectivity index (χ3v) is 2.59. The van der Waals surface area contributed by atoms with Gasteiger partial charge in [0.1, 0.15) is 5.82 Å². The number of ether oxygens (including phenoxy) is 1. The first-order valence-corrected chi connectivity index (χ1v) is 5.62. The van der Waals surface area contributed by atoms with Crippen LogP contribution in [0.4, 0.5) is 10.2 Å². The van der Waals surface area contributed by atoms with Gasteiger partial charge in [0.25, 0.3) is 0 Å². The van der Waals surface area contributed by atoms with Crippen molar-refractivity contribution in [3.63, 3.8) is 0 Å². The van der Waals surface area contributed by atoms with E-state index in [1.165, 1.54) is 12.3 Å². The van der Waals surface area contributed by atoms with Gasteiger partial charge in [0.15, 0.2) is 5.82 Å². The van der Waals surface area contributed by atoms with Gasteiger partial charge >= 0.3 is 0 Å². The molecular formula is C12H15FN4O. The SMILES string of the molecule is COCCNc1n[nH]c(-c2ccc(F)cn2)c1C. The maximum absolute atomic E-state index is 12.8. The van der Waals surface area contributed by atoms with Crippen molar-refractivity contribution in [1.29, 1.82) is 0 Å². The molecule has 2 heterocycles. The first kappa shape index (κ1) is 12.5. The average Bonchev–Trinajstić information content (AvgIpc) is 2.73. The van der Waals surface area contributed by atoms with E-state index in [1.807, 2.05) is 6.92 Å². The van der Waals surface area contributed by atoms with Crippen LogP contribution >= 0.6 is 0 Å². The summed E-state index contributed by atoms with van der Waals surface area (Å²) in [7, 11) is 1.65.